The fraction of sp³-hybridized carbons (Fsp3) is 0.227. The number of hydrogen-bond acceptors (Lipinski definition) is 6. The molecule has 32 heavy (non-hydrogen) atoms. The molecule has 1 atom stereocenters. The van der Waals surface area contributed by atoms with Crippen LogP contribution in [0.15, 0.2) is 48.7 Å². The van der Waals surface area contributed by atoms with Crippen molar-refractivity contribution in [3.05, 3.63) is 70.5 Å². The summed E-state index contributed by atoms with van der Waals surface area (Å²) in [4.78, 5) is 37.9. The van der Waals surface area contributed by atoms with Gasteiger partial charge in [0.1, 0.15) is 24.1 Å². The van der Waals surface area contributed by atoms with E-state index in [2.05, 4.69) is 15.6 Å². The first-order chi connectivity index (χ1) is 15.5. The Balaban J connectivity index is 1.30. The van der Waals surface area contributed by atoms with Gasteiger partial charge in [0.25, 0.3) is 5.91 Å². The van der Waals surface area contributed by atoms with Crippen LogP contribution in [0.5, 0.6) is 5.75 Å². The first-order valence-electron chi connectivity index (χ1n) is 10.1. The van der Waals surface area contributed by atoms with E-state index >= 15 is 0 Å². The number of nitrogens with one attached hydrogen (secondary N) is 1. The molecule has 162 valence electrons. The molecule has 1 saturated heterocycles. The average Bonchev–Trinajstić information content (AvgIpc) is 3.37. The molecule has 0 radical (unpaired) electrons. The van der Waals surface area contributed by atoms with Crippen LogP contribution in [-0.2, 0) is 22.7 Å². The van der Waals surface area contributed by atoms with Crippen LogP contribution >= 0.6 is 11.6 Å². The second-order valence-electron chi connectivity index (χ2n) is 7.64. The zero-order valence-electron chi connectivity index (χ0n) is 16.8. The van der Waals surface area contributed by atoms with E-state index < -0.39 is 11.9 Å². The van der Waals surface area contributed by atoms with Crippen molar-refractivity contribution in [2.75, 3.05) is 0 Å². The van der Waals surface area contributed by atoms with Gasteiger partial charge in [-0.1, -0.05) is 22.9 Å². The number of benzene rings is 2. The molecule has 1 unspecified atom stereocenters. The van der Waals surface area contributed by atoms with E-state index in [1.54, 1.807) is 41.2 Å². The molecule has 1 aromatic heterocycles. The summed E-state index contributed by atoms with van der Waals surface area (Å²) in [5.74, 6) is -0.311. The molecule has 3 heterocycles. The Labute approximate surface area is 187 Å². The zero-order chi connectivity index (χ0) is 22.2. The molecule has 0 saturated carbocycles. The molecule has 10 heteroatoms. The number of amides is 3. The van der Waals surface area contributed by atoms with Crippen LogP contribution < -0.4 is 10.1 Å². The standard InChI is InChI=1S/C22H18ClN5O4/c23-14-2-1-3-17(9-14)32-12-15-11-28(26-25-15)16-4-5-18-13(8-16)10-27(22(18)31)19-6-7-20(29)24-21(19)30/h1-5,8-9,11,19H,6-7,10,12H2,(H,24,29,30). The lowest BCUT2D eigenvalue weighted by atomic mass is 10.0. The number of ether oxygens (including phenoxy) is 1. The molecule has 0 spiro atoms. The molecule has 0 bridgehead atoms. The lowest BCUT2D eigenvalue weighted by Gasteiger charge is -2.29. The first-order valence-corrected chi connectivity index (χ1v) is 10.4. The molecule has 3 aromatic rings. The average molecular weight is 452 g/mol. The minimum atomic E-state index is -0.641. The summed E-state index contributed by atoms with van der Waals surface area (Å²) in [6.07, 6.45) is 2.30. The van der Waals surface area contributed by atoms with Gasteiger partial charge in [0.05, 0.1) is 11.9 Å². The number of carbonyl (C=O) groups excluding carboxylic acids is 3. The summed E-state index contributed by atoms with van der Waals surface area (Å²) in [6.45, 7) is 0.529. The Morgan fingerprint density at radius 3 is 2.84 bits per heavy atom. The van der Waals surface area contributed by atoms with Crippen molar-refractivity contribution in [2.45, 2.75) is 32.0 Å². The van der Waals surface area contributed by atoms with Crippen LogP contribution in [-0.4, -0.2) is 43.7 Å². The summed E-state index contributed by atoms with van der Waals surface area (Å²) >= 11 is 5.97. The van der Waals surface area contributed by atoms with Crippen LogP contribution in [0.4, 0.5) is 0 Å². The maximum atomic E-state index is 12.8. The number of rotatable bonds is 5. The van der Waals surface area contributed by atoms with E-state index in [4.69, 9.17) is 16.3 Å². The molecule has 1 N–H and O–H groups in total. The molecule has 2 aromatic carbocycles. The van der Waals surface area contributed by atoms with Crippen molar-refractivity contribution >= 4 is 29.3 Å². The molecule has 2 aliphatic heterocycles. The van der Waals surface area contributed by atoms with Gasteiger partial charge < -0.3 is 9.64 Å². The quantitative estimate of drug-likeness (QED) is 0.596. The van der Waals surface area contributed by atoms with Crippen molar-refractivity contribution in [1.29, 1.82) is 0 Å². The van der Waals surface area contributed by atoms with E-state index in [0.717, 1.165) is 11.3 Å². The number of aromatic nitrogens is 3. The van der Waals surface area contributed by atoms with Crippen LogP contribution in [0.1, 0.15) is 34.5 Å². The number of hydrogen-bond donors (Lipinski definition) is 1. The van der Waals surface area contributed by atoms with E-state index in [1.807, 2.05) is 12.1 Å². The topological polar surface area (TPSA) is 106 Å². The van der Waals surface area contributed by atoms with Gasteiger partial charge in [0, 0.05) is 23.6 Å². The van der Waals surface area contributed by atoms with Crippen LogP contribution in [0, 0.1) is 0 Å². The fourth-order valence-electron chi connectivity index (χ4n) is 3.91. The smallest absolute Gasteiger partial charge is 0.255 e. The highest BCUT2D eigenvalue weighted by molar-refractivity contribution is 6.30. The molecular weight excluding hydrogens is 434 g/mol. The molecule has 3 amide bonds. The van der Waals surface area contributed by atoms with Crippen molar-refractivity contribution < 1.29 is 19.1 Å². The molecule has 2 aliphatic rings. The third-order valence-electron chi connectivity index (χ3n) is 5.50. The van der Waals surface area contributed by atoms with Crippen molar-refractivity contribution in [2.24, 2.45) is 0 Å². The van der Waals surface area contributed by atoms with Gasteiger partial charge in [0.2, 0.25) is 11.8 Å². The highest BCUT2D eigenvalue weighted by Gasteiger charge is 2.39. The van der Waals surface area contributed by atoms with Crippen molar-refractivity contribution in [1.82, 2.24) is 25.2 Å². The number of halogens is 1. The third-order valence-corrected chi connectivity index (χ3v) is 5.73. The van der Waals surface area contributed by atoms with Gasteiger partial charge in [-0.25, -0.2) is 4.68 Å². The highest BCUT2D eigenvalue weighted by atomic mass is 35.5. The predicted octanol–water partition coefficient (Wildman–Crippen LogP) is 2.26. The van der Waals surface area contributed by atoms with Gasteiger partial charge in [-0.15, -0.1) is 5.10 Å². The van der Waals surface area contributed by atoms with E-state index in [1.165, 1.54) is 4.90 Å². The fourth-order valence-corrected chi connectivity index (χ4v) is 4.09. The normalized spacial score (nSPS) is 18.0. The second kappa shape index (κ2) is 8.08. The highest BCUT2D eigenvalue weighted by Crippen LogP contribution is 2.29. The Hall–Kier alpha value is -3.72. The predicted molar refractivity (Wildman–Crippen MR) is 113 cm³/mol. The number of imide groups is 1. The SMILES string of the molecule is O=C1CCC(N2Cc3cc(-n4cc(COc5cccc(Cl)c5)nn4)ccc3C2=O)C(=O)N1. The van der Waals surface area contributed by atoms with Crippen LogP contribution in [0.2, 0.25) is 5.02 Å². The molecule has 0 aliphatic carbocycles. The van der Waals surface area contributed by atoms with Gasteiger partial charge >= 0.3 is 0 Å². The van der Waals surface area contributed by atoms with Crippen LogP contribution in [0.3, 0.4) is 0 Å². The van der Waals surface area contributed by atoms with Gasteiger partial charge in [-0.3, -0.25) is 19.7 Å². The number of piperidine rings is 1. The maximum absolute atomic E-state index is 12.8. The number of carbonyl (C=O) groups is 3. The van der Waals surface area contributed by atoms with Crippen LogP contribution in [0.25, 0.3) is 5.69 Å². The Morgan fingerprint density at radius 1 is 1.16 bits per heavy atom. The summed E-state index contributed by atoms with van der Waals surface area (Å²) in [7, 11) is 0. The third kappa shape index (κ3) is 3.82. The Kier molecular flexibility index (Phi) is 5.10. The first kappa shape index (κ1) is 20.2. The summed E-state index contributed by atoms with van der Waals surface area (Å²) in [5, 5.41) is 11.2. The maximum Gasteiger partial charge on any atom is 0.255 e. The Bertz CT molecular complexity index is 1240. The lowest BCUT2D eigenvalue weighted by molar-refractivity contribution is -0.136. The molecule has 5 rings (SSSR count). The van der Waals surface area contributed by atoms with E-state index in [9.17, 15) is 14.4 Å². The summed E-state index contributed by atoms with van der Waals surface area (Å²) in [5.41, 5.74) is 2.71. The van der Waals surface area contributed by atoms with Gasteiger partial charge in [-0.05, 0) is 48.4 Å². The molecule has 1 fully saturated rings. The van der Waals surface area contributed by atoms with Gasteiger partial charge in [-0.2, -0.15) is 0 Å². The zero-order valence-corrected chi connectivity index (χ0v) is 17.6. The number of fused-ring (bicyclic) bond motifs is 1. The minimum Gasteiger partial charge on any atom is -0.487 e. The van der Waals surface area contributed by atoms with E-state index in [-0.39, 0.29) is 24.8 Å². The van der Waals surface area contributed by atoms with E-state index in [0.29, 0.717) is 35.0 Å². The largest absolute Gasteiger partial charge is 0.487 e. The second-order valence-corrected chi connectivity index (χ2v) is 8.08. The summed E-state index contributed by atoms with van der Waals surface area (Å²) in [6, 6.07) is 11.8. The minimum absolute atomic E-state index is 0.213. The van der Waals surface area contributed by atoms with Crippen molar-refractivity contribution in [3.63, 3.8) is 0 Å². The lowest BCUT2D eigenvalue weighted by Crippen LogP contribution is -2.52. The monoisotopic (exact) mass is 451 g/mol. The molecular formula is C22H18ClN5O4. The molecule has 9 nitrogen and oxygen atoms in total. The summed E-state index contributed by atoms with van der Waals surface area (Å²) < 4.78 is 7.30. The number of nitrogens with zero attached hydrogens (tertiary/aromatic N) is 4. The van der Waals surface area contributed by atoms with Gasteiger partial charge in [0.15, 0.2) is 0 Å². The van der Waals surface area contributed by atoms with Crippen molar-refractivity contribution in [3.8, 4) is 11.4 Å². The Morgan fingerprint density at radius 2 is 2.03 bits per heavy atom.